The third kappa shape index (κ3) is 3.27. The number of esters is 1. The SMILES string of the molecule is CCOc1ccccc1OC(=O)C(C)C. The maximum atomic E-state index is 11.4. The number of rotatable bonds is 4. The Hall–Kier alpha value is -1.51. The van der Waals surface area contributed by atoms with Gasteiger partial charge in [0.15, 0.2) is 11.5 Å². The van der Waals surface area contributed by atoms with Crippen LogP contribution in [0.1, 0.15) is 20.8 Å². The predicted molar refractivity (Wildman–Crippen MR) is 58.1 cm³/mol. The van der Waals surface area contributed by atoms with Crippen LogP contribution in [0.4, 0.5) is 0 Å². The molecule has 0 N–H and O–H groups in total. The molecule has 0 aromatic heterocycles. The van der Waals surface area contributed by atoms with E-state index < -0.39 is 0 Å². The number of carbonyl (C=O) groups excluding carboxylic acids is 1. The van der Waals surface area contributed by atoms with E-state index in [1.165, 1.54) is 0 Å². The molecule has 3 heteroatoms. The molecule has 0 saturated carbocycles. The van der Waals surface area contributed by atoms with Crippen molar-refractivity contribution < 1.29 is 14.3 Å². The van der Waals surface area contributed by atoms with E-state index in [9.17, 15) is 4.79 Å². The van der Waals surface area contributed by atoms with Gasteiger partial charge in [-0.15, -0.1) is 0 Å². The van der Waals surface area contributed by atoms with Gasteiger partial charge in [0.05, 0.1) is 12.5 Å². The van der Waals surface area contributed by atoms with Crippen LogP contribution in [0.2, 0.25) is 0 Å². The largest absolute Gasteiger partial charge is 0.490 e. The summed E-state index contributed by atoms with van der Waals surface area (Å²) >= 11 is 0. The first-order valence-corrected chi connectivity index (χ1v) is 5.08. The van der Waals surface area contributed by atoms with Crippen molar-refractivity contribution in [1.29, 1.82) is 0 Å². The highest BCUT2D eigenvalue weighted by Gasteiger charge is 2.12. The highest BCUT2D eigenvalue weighted by atomic mass is 16.6. The van der Waals surface area contributed by atoms with Crippen molar-refractivity contribution in [2.75, 3.05) is 6.61 Å². The fourth-order valence-electron chi connectivity index (χ4n) is 1.04. The minimum atomic E-state index is -0.248. The lowest BCUT2D eigenvalue weighted by Gasteiger charge is -2.11. The second-order valence-electron chi connectivity index (χ2n) is 3.46. The molecule has 0 unspecified atom stereocenters. The zero-order valence-electron chi connectivity index (χ0n) is 9.32. The molecule has 0 spiro atoms. The van der Waals surface area contributed by atoms with E-state index in [0.29, 0.717) is 18.1 Å². The van der Waals surface area contributed by atoms with Gasteiger partial charge in [-0.2, -0.15) is 0 Å². The summed E-state index contributed by atoms with van der Waals surface area (Å²) in [5, 5.41) is 0. The van der Waals surface area contributed by atoms with Crippen molar-refractivity contribution in [2.24, 2.45) is 5.92 Å². The molecule has 0 aliphatic carbocycles. The van der Waals surface area contributed by atoms with Crippen molar-refractivity contribution in [3.8, 4) is 11.5 Å². The third-order valence-corrected chi connectivity index (χ3v) is 1.83. The lowest BCUT2D eigenvalue weighted by atomic mass is 10.2. The Balaban J connectivity index is 2.79. The molecular weight excluding hydrogens is 192 g/mol. The van der Waals surface area contributed by atoms with E-state index >= 15 is 0 Å². The molecule has 0 amide bonds. The summed E-state index contributed by atoms with van der Waals surface area (Å²) < 4.78 is 10.5. The summed E-state index contributed by atoms with van der Waals surface area (Å²) in [6.07, 6.45) is 0. The smallest absolute Gasteiger partial charge is 0.313 e. The second kappa shape index (κ2) is 5.39. The van der Waals surface area contributed by atoms with E-state index in [-0.39, 0.29) is 11.9 Å². The number of benzene rings is 1. The number of para-hydroxylation sites is 2. The van der Waals surface area contributed by atoms with E-state index in [1.54, 1.807) is 26.0 Å². The fraction of sp³-hybridized carbons (Fsp3) is 0.417. The standard InChI is InChI=1S/C12H16O3/c1-4-14-10-7-5-6-8-11(10)15-12(13)9(2)3/h5-9H,4H2,1-3H3. The second-order valence-corrected chi connectivity index (χ2v) is 3.46. The highest BCUT2D eigenvalue weighted by Crippen LogP contribution is 2.26. The lowest BCUT2D eigenvalue weighted by Crippen LogP contribution is -2.15. The van der Waals surface area contributed by atoms with Gasteiger partial charge in [0.2, 0.25) is 0 Å². The molecule has 82 valence electrons. The average molecular weight is 208 g/mol. The Labute approximate surface area is 90.0 Å². The summed E-state index contributed by atoms with van der Waals surface area (Å²) in [4.78, 5) is 11.4. The fourth-order valence-corrected chi connectivity index (χ4v) is 1.04. The molecule has 15 heavy (non-hydrogen) atoms. The van der Waals surface area contributed by atoms with Gasteiger partial charge in [-0.3, -0.25) is 4.79 Å². The van der Waals surface area contributed by atoms with Crippen LogP contribution in [0.25, 0.3) is 0 Å². The van der Waals surface area contributed by atoms with E-state index in [1.807, 2.05) is 19.1 Å². The Morgan fingerprint density at radius 1 is 1.27 bits per heavy atom. The maximum Gasteiger partial charge on any atom is 0.313 e. The molecule has 0 fully saturated rings. The zero-order valence-corrected chi connectivity index (χ0v) is 9.32. The molecule has 0 saturated heterocycles. The normalized spacial score (nSPS) is 10.1. The van der Waals surface area contributed by atoms with E-state index in [4.69, 9.17) is 9.47 Å². The summed E-state index contributed by atoms with van der Waals surface area (Å²) in [6, 6.07) is 7.17. The first-order chi connectivity index (χ1) is 7.15. The van der Waals surface area contributed by atoms with Crippen LogP contribution in [0, 0.1) is 5.92 Å². The van der Waals surface area contributed by atoms with Crippen LogP contribution in [0.15, 0.2) is 24.3 Å². The van der Waals surface area contributed by atoms with E-state index in [2.05, 4.69) is 0 Å². The molecule has 1 aromatic carbocycles. The van der Waals surface area contributed by atoms with Gasteiger partial charge in [0.1, 0.15) is 0 Å². The molecule has 1 aromatic rings. The molecule has 0 atom stereocenters. The van der Waals surface area contributed by atoms with Crippen molar-refractivity contribution in [1.82, 2.24) is 0 Å². The Morgan fingerprint density at radius 2 is 1.87 bits per heavy atom. The number of hydrogen-bond donors (Lipinski definition) is 0. The quantitative estimate of drug-likeness (QED) is 0.563. The third-order valence-electron chi connectivity index (χ3n) is 1.83. The molecular formula is C12H16O3. The molecule has 0 bridgehead atoms. The Kier molecular flexibility index (Phi) is 4.16. The first kappa shape index (κ1) is 11.6. The summed E-state index contributed by atoms with van der Waals surface area (Å²) in [6.45, 7) is 6.04. The molecule has 0 radical (unpaired) electrons. The number of carbonyl (C=O) groups is 1. The van der Waals surface area contributed by atoms with Gasteiger partial charge >= 0.3 is 5.97 Å². The van der Waals surface area contributed by atoms with Crippen molar-refractivity contribution in [2.45, 2.75) is 20.8 Å². The van der Waals surface area contributed by atoms with Gasteiger partial charge in [-0.25, -0.2) is 0 Å². The zero-order chi connectivity index (χ0) is 11.3. The summed E-state index contributed by atoms with van der Waals surface area (Å²) in [7, 11) is 0. The Morgan fingerprint density at radius 3 is 2.40 bits per heavy atom. The number of hydrogen-bond acceptors (Lipinski definition) is 3. The number of ether oxygens (including phenoxy) is 2. The molecule has 0 heterocycles. The van der Waals surface area contributed by atoms with Crippen LogP contribution in [-0.2, 0) is 4.79 Å². The summed E-state index contributed by atoms with van der Waals surface area (Å²) in [5.74, 6) is 0.703. The van der Waals surface area contributed by atoms with Crippen LogP contribution < -0.4 is 9.47 Å². The van der Waals surface area contributed by atoms with Crippen molar-refractivity contribution in [3.05, 3.63) is 24.3 Å². The average Bonchev–Trinajstić information content (AvgIpc) is 2.21. The monoisotopic (exact) mass is 208 g/mol. The molecule has 0 aliphatic rings. The van der Waals surface area contributed by atoms with Gasteiger partial charge in [0.25, 0.3) is 0 Å². The minimum Gasteiger partial charge on any atom is -0.490 e. The van der Waals surface area contributed by atoms with Crippen LogP contribution in [-0.4, -0.2) is 12.6 Å². The summed E-state index contributed by atoms with van der Waals surface area (Å²) in [5.41, 5.74) is 0. The van der Waals surface area contributed by atoms with Crippen LogP contribution in [0.5, 0.6) is 11.5 Å². The predicted octanol–water partition coefficient (Wildman–Crippen LogP) is 2.65. The van der Waals surface area contributed by atoms with Gasteiger partial charge < -0.3 is 9.47 Å². The Bertz CT molecular complexity index is 331. The molecule has 1 rings (SSSR count). The van der Waals surface area contributed by atoms with Crippen molar-refractivity contribution in [3.63, 3.8) is 0 Å². The van der Waals surface area contributed by atoms with Gasteiger partial charge in [-0.05, 0) is 19.1 Å². The lowest BCUT2D eigenvalue weighted by molar-refractivity contribution is -0.137. The minimum absolute atomic E-state index is 0.139. The van der Waals surface area contributed by atoms with Crippen LogP contribution >= 0.6 is 0 Å². The van der Waals surface area contributed by atoms with Crippen molar-refractivity contribution >= 4 is 5.97 Å². The van der Waals surface area contributed by atoms with Crippen LogP contribution in [0.3, 0.4) is 0 Å². The highest BCUT2D eigenvalue weighted by molar-refractivity contribution is 5.75. The first-order valence-electron chi connectivity index (χ1n) is 5.08. The van der Waals surface area contributed by atoms with Gasteiger partial charge in [-0.1, -0.05) is 26.0 Å². The topological polar surface area (TPSA) is 35.5 Å². The molecule has 3 nitrogen and oxygen atoms in total. The molecule has 0 aliphatic heterocycles. The van der Waals surface area contributed by atoms with Gasteiger partial charge in [0, 0.05) is 0 Å². The maximum absolute atomic E-state index is 11.4. The van der Waals surface area contributed by atoms with E-state index in [0.717, 1.165) is 0 Å².